The smallest absolute Gasteiger partial charge is 0.0332 e. The molecule has 2 saturated heterocycles. The zero-order valence-corrected chi connectivity index (χ0v) is 12.3. The molecule has 0 amide bonds. The van der Waals surface area contributed by atoms with Crippen LogP contribution in [0.2, 0.25) is 0 Å². The summed E-state index contributed by atoms with van der Waals surface area (Å²) in [6.45, 7) is 8.62. The highest BCUT2D eigenvalue weighted by atomic mass is 32.1. The number of piperazine rings is 1. The van der Waals surface area contributed by atoms with E-state index < -0.39 is 0 Å². The third kappa shape index (κ3) is 2.24. The Morgan fingerprint density at radius 3 is 3.06 bits per heavy atom. The van der Waals surface area contributed by atoms with Gasteiger partial charge < -0.3 is 0 Å². The maximum absolute atomic E-state index is 2.76. The third-order valence-corrected chi connectivity index (χ3v) is 5.53. The first-order valence-corrected chi connectivity index (χ1v) is 8.25. The van der Waals surface area contributed by atoms with Gasteiger partial charge in [-0.25, -0.2) is 0 Å². The maximum Gasteiger partial charge on any atom is 0.0332 e. The Morgan fingerprint density at radius 1 is 1.44 bits per heavy atom. The molecular weight excluding hydrogens is 240 g/mol. The summed E-state index contributed by atoms with van der Waals surface area (Å²) in [4.78, 5) is 5.49. The lowest BCUT2D eigenvalue weighted by Crippen LogP contribution is -2.56. The van der Waals surface area contributed by atoms with Gasteiger partial charge in [0.2, 0.25) is 0 Å². The summed E-state index contributed by atoms with van der Waals surface area (Å²) < 4.78 is 0. The minimum absolute atomic E-state index is 0.587. The number of nitrogens with zero attached hydrogens (tertiary/aromatic N) is 2. The van der Waals surface area contributed by atoms with Crippen LogP contribution in [-0.4, -0.2) is 41.5 Å². The second-order valence-corrected chi connectivity index (χ2v) is 6.56. The van der Waals surface area contributed by atoms with Crippen molar-refractivity contribution in [2.45, 2.75) is 51.2 Å². The van der Waals surface area contributed by atoms with E-state index in [1.807, 2.05) is 11.3 Å². The number of thiophene rings is 1. The molecule has 0 bridgehead atoms. The second kappa shape index (κ2) is 5.32. The average molecular weight is 264 g/mol. The van der Waals surface area contributed by atoms with Crippen LogP contribution < -0.4 is 0 Å². The Hall–Kier alpha value is -0.380. The van der Waals surface area contributed by atoms with Gasteiger partial charge in [0.1, 0.15) is 0 Å². The van der Waals surface area contributed by atoms with Crippen molar-refractivity contribution in [3.8, 4) is 0 Å². The molecule has 18 heavy (non-hydrogen) atoms. The molecule has 3 atom stereocenters. The van der Waals surface area contributed by atoms with Gasteiger partial charge in [-0.3, -0.25) is 9.80 Å². The van der Waals surface area contributed by atoms with Crippen molar-refractivity contribution in [1.29, 1.82) is 0 Å². The summed E-state index contributed by atoms with van der Waals surface area (Å²) in [5.74, 6) is 0. The fraction of sp³-hybridized carbons (Fsp3) is 0.733. The van der Waals surface area contributed by atoms with E-state index in [0.29, 0.717) is 6.04 Å². The summed E-state index contributed by atoms with van der Waals surface area (Å²) in [6, 6.07) is 4.45. The first kappa shape index (κ1) is 12.6. The molecule has 0 radical (unpaired) electrons. The van der Waals surface area contributed by atoms with Crippen LogP contribution in [0.1, 0.15) is 44.7 Å². The highest BCUT2D eigenvalue weighted by Gasteiger charge is 2.37. The molecule has 100 valence electrons. The van der Waals surface area contributed by atoms with Gasteiger partial charge in [-0.05, 0) is 55.1 Å². The third-order valence-electron chi connectivity index (χ3n) is 4.83. The van der Waals surface area contributed by atoms with Crippen molar-refractivity contribution in [3.63, 3.8) is 0 Å². The van der Waals surface area contributed by atoms with Crippen molar-refractivity contribution in [2.75, 3.05) is 19.6 Å². The SMILES string of the molecule is CCC1CN2CCCC2CN1C(C)c1ccsc1. The summed E-state index contributed by atoms with van der Waals surface area (Å²) in [5.41, 5.74) is 1.50. The molecule has 2 aliphatic heterocycles. The van der Waals surface area contributed by atoms with Crippen LogP contribution >= 0.6 is 11.3 Å². The van der Waals surface area contributed by atoms with E-state index in [1.165, 1.54) is 44.5 Å². The van der Waals surface area contributed by atoms with E-state index in [2.05, 4.69) is 40.5 Å². The maximum atomic E-state index is 2.76. The van der Waals surface area contributed by atoms with Gasteiger partial charge >= 0.3 is 0 Å². The number of hydrogen-bond acceptors (Lipinski definition) is 3. The number of fused-ring (bicyclic) bond motifs is 1. The van der Waals surface area contributed by atoms with Crippen molar-refractivity contribution >= 4 is 11.3 Å². The lowest BCUT2D eigenvalue weighted by Gasteiger charge is -2.46. The molecule has 2 fully saturated rings. The largest absolute Gasteiger partial charge is 0.298 e. The molecule has 0 aliphatic carbocycles. The lowest BCUT2D eigenvalue weighted by molar-refractivity contribution is 0.0228. The molecule has 2 nitrogen and oxygen atoms in total. The van der Waals surface area contributed by atoms with E-state index in [9.17, 15) is 0 Å². The van der Waals surface area contributed by atoms with Crippen LogP contribution in [0.15, 0.2) is 16.8 Å². The minimum Gasteiger partial charge on any atom is -0.298 e. The van der Waals surface area contributed by atoms with E-state index in [1.54, 1.807) is 0 Å². The van der Waals surface area contributed by atoms with Crippen LogP contribution in [0.5, 0.6) is 0 Å². The van der Waals surface area contributed by atoms with E-state index in [0.717, 1.165) is 12.1 Å². The van der Waals surface area contributed by atoms with Crippen molar-refractivity contribution < 1.29 is 0 Å². The molecule has 0 saturated carbocycles. The van der Waals surface area contributed by atoms with Crippen molar-refractivity contribution in [3.05, 3.63) is 22.4 Å². The Morgan fingerprint density at radius 2 is 2.33 bits per heavy atom. The van der Waals surface area contributed by atoms with Gasteiger partial charge in [0.05, 0.1) is 0 Å². The molecule has 3 heterocycles. The Kier molecular flexibility index (Phi) is 3.73. The Labute approximate surface area is 115 Å². The van der Waals surface area contributed by atoms with Gasteiger partial charge in [0.15, 0.2) is 0 Å². The quantitative estimate of drug-likeness (QED) is 0.826. The topological polar surface area (TPSA) is 6.48 Å². The molecule has 3 heteroatoms. The molecule has 0 spiro atoms. The normalized spacial score (nSPS) is 31.4. The molecule has 3 unspecified atom stereocenters. The summed E-state index contributed by atoms with van der Waals surface area (Å²) in [6.07, 6.45) is 4.09. The summed E-state index contributed by atoms with van der Waals surface area (Å²) >= 11 is 1.82. The monoisotopic (exact) mass is 264 g/mol. The highest BCUT2D eigenvalue weighted by molar-refractivity contribution is 7.07. The Bertz CT molecular complexity index is 376. The predicted molar refractivity (Wildman–Crippen MR) is 78.1 cm³/mol. The predicted octanol–water partition coefficient (Wildman–Crippen LogP) is 3.37. The minimum atomic E-state index is 0.587. The van der Waals surface area contributed by atoms with Crippen LogP contribution in [0.4, 0.5) is 0 Å². The fourth-order valence-electron chi connectivity index (χ4n) is 3.65. The van der Waals surface area contributed by atoms with Crippen molar-refractivity contribution in [1.82, 2.24) is 9.80 Å². The van der Waals surface area contributed by atoms with Crippen molar-refractivity contribution in [2.24, 2.45) is 0 Å². The van der Waals surface area contributed by atoms with Gasteiger partial charge in [0.25, 0.3) is 0 Å². The van der Waals surface area contributed by atoms with Crippen LogP contribution in [0.3, 0.4) is 0 Å². The highest BCUT2D eigenvalue weighted by Crippen LogP contribution is 2.32. The van der Waals surface area contributed by atoms with Crippen LogP contribution in [-0.2, 0) is 0 Å². The molecule has 0 aromatic carbocycles. The number of hydrogen-bond donors (Lipinski definition) is 0. The summed E-state index contributed by atoms with van der Waals surface area (Å²) in [5, 5.41) is 4.52. The molecule has 0 N–H and O–H groups in total. The van der Waals surface area contributed by atoms with E-state index in [-0.39, 0.29) is 0 Å². The molecule has 2 aliphatic rings. The Balaban J connectivity index is 1.76. The lowest BCUT2D eigenvalue weighted by atomic mass is 10.0. The van der Waals surface area contributed by atoms with Gasteiger partial charge in [0, 0.05) is 31.2 Å². The first-order valence-electron chi connectivity index (χ1n) is 7.31. The molecule has 1 aromatic heterocycles. The number of rotatable bonds is 3. The second-order valence-electron chi connectivity index (χ2n) is 5.78. The molecule has 3 rings (SSSR count). The zero-order valence-electron chi connectivity index (χ0n) is 11.5. The molecular formula is C15H24N2S. The van der Waals surface area contributed by atoms with Gasteiger partial charge in [-0.15, -0.1) is 0 Å². The van der Waals surface area contributed by atoms with E-state index >= 15 is 0 Å². The van der Waals surface area contributed by atoms with Crippen LogP contribution in [0.25, 0.3) is 0 Å². The van der Waals surface area contributed by atoms with E-state index in [4.69, 9.17) is 0 Å². The molecule has 1 aromatic rings. The standard InChI is InChI=1S/C15H24N2S/c1-3-14-9-16-7-4-5-15(16)10-17(14)12(2)13-6-8-18-11-13/h6,8,11-12,14-15H,3-5,7,9-10H2,1-2H3. The van der Waals surface area contributed by atoms with Crippen LogP contribution in [0, 0.1) is 0 Å². The average Bonchev–Trinajstić information content (AvgIpc) is 3.06. The summed E-state index contributed by atoms with van der Waals surface area (Å²) in [7, 11) is 0. The zero-order chi connectivity index (χ0) is 12.5. The van der Waals surface area contributed by atoms with Gasteiger partial charge in [-0.2, -0.15) is 11.3 Å². The first-order chi connectivity index (χ1) is 8.79. The van der Waals surface area contributed by atoms with Gasteiger partial charge in [-0.1, -0.05) is 6.92 Å². The fourth-order valence-corrected chi connectivity index (χ4v) is 4.40.